The van der Waals surface area contributed by atoms with Crippen molar-refractivity contribution in [2.24, 2.45) is 0 Å². The summed E-state index contributed by atoms with van der Waals surface area (Å²) in [7, 11) is 5.28. The third kappa shape index (κ3) is 2.31. The zero-order chi connectivity index (χ0) is 20.5. The fourth-order valence-electron chi connectivity index (χ4n) is 5.40. The summed E-state index contributed by atoms with van der Waals surface area (Å²) in [5.74, 6) is 2.33. The van der Waals surface area contributed by atoms with Crippen molar-refractivity contribution in [3.8, 4) is 28.7 Å². The molecule has 7 nitrogen and oxygen atoms in total. The molecule has 0 saturated heterocycles. The molecular formula is C22H25NO6. The Bertz CT molecular complexity index is 1010. The summed E-state index contributed by atoms with van der Waals surface area (Å²) in [5.41, 5.74) is 3.35. The Balaban J connectivity index is 1.75. The van der Waals surface area contributed by atoms with Crippen LogP contribution in [0.2, 0.25) is 0 Å². The van der Waals surface area contributed by atoms with Crippen LogP contribution in [0, 0.1) is 0 Å². The van der Waals surface area contributed by atoms with Crippen molar-refractivity contribution in [1.82, 2.24) is 4.90 Å². The standard InChI is InChI=1S/C22H25NO6/c1-22-14-8-15(24)20-19(28-10-29-20)13(14)9-23(2)21(22)12-7-17(27-4)16(26-3)5-11(12)6-18(22)25/h5,7-8,18,21,24-25H,6,9-10H2,1-4H3/t18-,21?,22-/m1/s1. The number of phenolic OH excluding ortho intramolecular Hbond substituents is 1. The molecule has 2 N–H and O–H groups in total. The molecule has 5 rings (SSSR count). The monoisotopic (exact) mass is 399 g/mol. The smallest absolute Gasteiger partial charge is 0.231 e. The van der Waals surface area contributed by atoms with Crippen molar-refractivity contribution in [2.75, 3.05) is 28.1 Å². The van der Waals surface area contributed by atoms with Gasteiger partial charge in [0.05, 0.1) is 20.3 Å². The number of benzene rings is 2. The van der Waals surface area contributed by atoms with Gasteiger partial charge >= 0.3 is 0 Å². The molecule has 0 saturated carbocycles. The first-order chi connectivity index (χ1) is 13.9. The van der Waals surface area contributed by atoms with Gasteiger partial charge < -0.3 is 29.2 Å². The summed E-state index contributed by atoms with van der Waals surface area (Å²) in [6, 6.07) is 5.60. The van der Waals surface area contributed by atoms with Crippen LogP contribution in [-0.4, -0.2) is 49.3 Å². The highest BCUT2D eigenvalue weighted by Crippen LogP contribution is 2.58. The van der Waals surface area contributed by atoms with Gasteiger partial charge in [-0.1, -0.05) is 6.92 Å². The van der Waals surface area contributed by atoms with E-state index in [1.807, 2.05) is 19.2 Å². The van der Waals surface area contributed by atoms with Gasteiger partial charge in [0.15, 0.2) is 23.0 Å². The Morgan fingerprint density at radius 2 is 1.79 bits per heavy atom. The lowest BCUT2D eigenvalue weighted by atomic mass is 9.60. The Kier molecular flexibility index (Phi) is 3.92. The second kappa shape index (κ2) is 6.18. The molecule has 3 aliphatic rings. The highest BCUT2D eigenvalue weighted by atomic mass is 16.7. The van der Waals surface area contributed by atoms with Crippen LogP contribution in [0.15, 0.2) is 18.2 Å². The van der Waals surface area contributed by atoms with Crippen LogP contribution in [0.3, 0.4) is 0 Å². The Morgan fingerprint density at radius 3 is 2.52 bits per heavy atom. The highest BCUT2D eigenvalue weighted by molar-refractivity contribution is 5.64. The molecule has 0 aromatic heterocycles. The van der Waals surface area contributed by atoms with Gasteiger partial charge in [0.2, 0.25) is 12.5 Å². The number of aliphatic hydroxyl groups excluding tert-OH is 1. The van der Waals surface area contributed by atoms with Crippen molar-refractivity contribution in [3.05, 3.63) is 40.5 Å². The minimum Gasteiger partial charge on any atom is -0.504 e. The third-order valence-corrected chi connectivity index (χ3v) is 6.77. The van der Waals surface area contributed by atoms with E-state index >= 15 is 0 Å². The first kappa shape index (κ1) is 18.4. The second-order valence-corrected chi connectivity index (χ2v) is 8.21. The zero-order valence-corrected chi connectivity index (χ0v) is 17.0. The number of ether oxygens (including phenoxy) is 4. The summed E-state index contributed by atoms with van der Waals surface area (Å²) in [5, 5.41) is 21.9. The number of aromatic hydroxyl groups is 1. The summed E-state index contributed by atoms with van der Waals surface area (Å²) < 4.78 is 22.2. The molecule has 7 heteroatoms. The van der Waals surface area contributed by atoms with Crippen molar-refractivity contribution >= 4 is 0 Å². The van der Waals surface area contributed by atoms with Crippen LogP contribution in [0.4, 0.5) is 0 Å². The molecule has 3 atom stereocenters. The molecule has 2 aliphatic heterocycles. The van der Waals surface area contributed by atoms with E-state index in [0.717, 1.165) is 22.3 Å². The van der Waals surface area contributed by atoms with E-state index in [1.54, 1.807) is 20.3 Å². The SMILES string of the molecule is COc1cc2c(cc1OC)C1N(C)Cc3c(cc(O)c4c3OCO4)[C@]1(C)[C@H](O)C2. The van der Waals surface area contributed by atoms with E-state index in [4.69, 9.17) is 18.9 Å². The van der Waals surface area contributed by atoms with Crippen LogP contribution in [0.1, 0.15) is 35.2 Å². The largest absolute Gasteiger partial charge is 0.504 e. The fraction of sp³-hybridized carbons (Fsp3) is 0.455. The Hall–Kier alpha value is -2.64. The van der Waals surface area contributed by atoms with Crippen molar-refractivity contribution in [2.45, 2.75) is 37.5 Å². The number of aliphatic hydroxyl groups is 1. The second-order valence-electron chi connectivity index (χ2n) is 8.21. The van der Waals surface area contributed by atoms with Gasteiger partial charge in [-0.05, 0) is 48.4 Å². The molecule has 1 unspecified atom stereocenters. The van der Waals surface area contributed by atoms with E-state index in [2.05, 4.69) is 11.8 Å². The molecule has 2 heterocycles. The topological polar surface area (TPSA) is 80.6 Å². The number of nitrogens with zero attached hydrogens (tertiary/aromatic N) is 1. The molecule has 0 fully saturated rings. The van der Waals surface area contributed by atoms with Gasteiger partial charge in [0.1, 0.15) is 0 Å². The molecule has 154 valence electrons. The number of hydrogen-bond acceptors (Lipinski definition) is 7. The van der Waals surface area contributed by atoms with Gasteiger partial charge in [-0.25, -0.2) is 0 Å². The lowest BCUT2D eigenvalue weighted by molar-refractivity contribution is -0.000526. The third-order valence-electron chi connectivity index (χ3n) is 6.77. The molecule has 2 aromatic rings. The van der Waals surface area contributed by atoms with E-state index in [1.165, 1.54) is 0 Å². The van der Waals surface area contributed by atoms with E-state index in [-0.39, 0.29) is 18.6 Å². The predicted molar refractivity (Wildman–Crippen MR) is 105 cm³/mol. The normalized spacial score (nSPS) is 27.1. The number of methoxy groups -OCH3 is 2. The van der Waals surface area contributed by atoms with Crippen LogP contribution in [-0.2, 0) is 18.4 Å². The fourth-order valence-corrected chi connectivity index (χ4v) is 5.40. The molecule has 2 aromatic carbocycles. The highest BCUT2D eigenvalue weighted by Gasteiger charge is 2.53. The number of rotatable bonds is 2. The Morgan fingerprint density at radius 1 is 1.10 bits per heavy atom. The number of phenols is 1. The molecule has 0 radical (unpaired) electrons. The average Bonchev–Trinajstić information content (AvgIpc) is 3.20. The van der Waals surface area contributed by atoms with Gasteiger partial charge in [-0.3, -0.25) is 4.90 Å². The zero-order valence-electron chi connectivity index (χ0n) is 17.0. The molecule has 29 heavy (non-hydrogen) atoms. The summed E-state index contributed by atoms with van der Waals surface area (Å²) in [4.78, 5) is 2.22. The number of likely N-dealkylation sites (N-methyl/N-ethyl adjacent to an activating group) is 1. The maximum atomic E-state index is 11.4. The van der Waals surface area contributed by atoms with Crippen molar-refractivity contribution in [1.29, 1.82) is 0 Å². The van der Waals surface area contributed by atoms with Gasteiger partial charge in [0, 0.05) is 23.6 Å². The number of fused-ring (bicyclic) bond motifs is 7. The van der Waals surface area contributed by atoms with E-state index in [9.17, 15) is 10.2 Å². The van der Waals surface area contributed by atoms with Crippen molar-refractivity contribution < 1.29 is 29.2 Å². The molecule has 0 spiro atoms. The summed E-state index contributed by atoms with van der Waals surface area (Å²) in [6.07, 6.45) is -0.176. The van der Waals surface area contributed by atoms with Crippen LogP contribution in [0.25, 0.3) is 0 Å². The van der Waals surface area contributed by atoms with Crippen LogP contribution in [0.5, 0.6) is 28.7 Å². The van der Waals surface area contributed by atoms with Crippen molar-refractivity contribution in [3.63, 3.8) is 0 Å². The van der Waals surface area contributed by atoms with E-state index in [0.29, 0.717) is 36.0 Å². The molecular weight excluding hydrogens is 374 g/mol. The lowest BCUT2D eigenvalue weighted by Crippen LogP contribution is -2.55. The summed E-state index contributed by atoms with van der Waals surface area (Å²) in [6.45, 7) is 2.76. The maximum absolute atomic E-state index is 11.4. The first-order valence-corrected chi connectivity index (χ1v) is 9.68. The number of hydrogen-bond donors (Lipinski definition) is 2. The average molecular weight is 399 g/mol. The quantitative estimate of drug-likeness (QED) is 0.803. The minimum atomic E-state index is -0.653. The van der Waals surface area contributed by atoms with Crippen LogP contribution >= 0.6 is 0 Å². The molecule has 1 aliphatic carbocycles. The predicted octanol–water partition coefficient (Wildman–Crippen LogP) is 2.50. The minimum absolute atomic E-state index is 0.0473. The van der Waals surface area contributed by atoms with E-state index < -0.39 is 11.5 Å². The lowest BCUT2D eigenvalue weighted by Gasteiger charge is -2.53. The van der Waals surface area contributed by atoms with Gasteiger partial charge in [-0.2, -0.15) is 0 Å². The molecule has 0 amide bonds. The Labute approximate surface area is 169 Å². The summed E-state index contributed by atoms with van der Waals surface area (Å²) >= 11 is 0. The molecule has 0 bridgehead atoms. The van der Waals surface area contributed by atoms with Gasteiger partial charge in [0.25, 0.3) is 0 Å². The van der Waals surface area contributed by atoms with Crippen LogP contribution < -0.4 is 18.9 Å². The van der Waals surface area contributed by atoms with Gasteiger partial charge in [-0.15, -0.1) is 0 Å². The maximum Gasteiger partial charge on any atom is 0.231 e. The first-order valence-electron chi connectivity index (χ1n) is 9.68.